The molecule has 0 aliphatic heterocycles. The second kappa shape index (κ2) is 3.11. The van der Waals surface area contributed by atoms with E-state index < -0.39 is 5.60 Å². The first-order valence-corrected chi connectivity index (χ1v) is 4.56. The Labute approximate surface area is 68.8 Å². The van der Waals surface area contributed by atoms with Crippen molar-refractivity contribution in [2.24, 2.45) is 17.6 Å². The average Bonchev–Trinajstić information content (AvgIpc) is 2.68. The maximum atomic E-state index is 10.1. The minimum absolute atomic E-state index is 0.450. The molecule has 0 aromatic rings. The van der Waals surface area contributed by atoms with E-state index in [9.17, 15) is 5.11 Å². The number of hydrogen-bond donors (Lipinski definition) is 2. The van der Waals surface area contributed by atoms with Crippen LogP contribution >= 0.6 is 0 Å². The fraction of sp³-hybridized carbons (Fsp3) is 1.00. The predicted molar refractivity (Wildman–Crippen MR) is 46.2 cm³/mol. The summed E-state index contributed by atoms with van der Waals surface area (Å²) in [5.74, 6) is 1.24. The Bertz CT molecular complexity index is 138. The van der Waals surface area contributed by atoms with E-state index >= 15 is 0 Å². The van der Waals surface area contributed by atoms with Crippen molar-refractivity contribution in [2.45, 2.75) is 38.7 Å². The zero-order valence-electron chi connectivity index (χ0n) is 7.51. The van der Waals surface area contributed by atoms with Gasteiger partial charge in [-0.2, -0.15) is 0 Å². The lowest BCUT2D eigenvalue weighted by Crippen LogP contribution is -2.33. The summed E-state index contributed by atoms with van der Waals surface area (Å²) in [4.78, 5) is 0. The number of aliphatic hydroxyl groups is 1. The van der Waals surface area contributed by atoms with Gasteiger partial charge >= 0.3 is 0 Å². The Hall–Kier alpha value is -0.0800. The lowest BCUT2D eigenvalue weighted by atomic mass is 9.90. The lowest BCUT2D eigenvalue weighted by Gasteiger charge is -2.26. The number of nitrogens with two attached hydrogens (primary N) is 1. The molecule has 11 heavy (non-hydrogen) atoms. The summed E-state index contributed by atoms with van der Waals surface area (Å²) in [6, 6.07) is 0. The quantitative estimate of drug-likeness (QED) is 0.642. The van der Waals surface area contributed by atoms with Gasteiger partial charge in [0.05, 0.1) is 5.60 Å². The van der Waals surface area contributed by atoms with Gasteiger partial charge in [-0.15, -0.1) is 0 Å². The van der Waals surface area contributed by atoms with Gasteiger partial charge in [0, 0.05) is 0 Å². The molecule has 3 unspecified atom stereocenters. The van der Waals surface area contributed by atoms with Crippen molar-refractivity contribution < 1.29 is 5.11 Å². The van der Waals surface area contributed by atoms with E-state index in [0.717, 1.165) is 12.8 Å². The van der Waals surface area contributed by atoms with Gasteiger partial charge in [0.1, 0.15) is 0 Å². The molecule has 0 aromatic carbocycles. The third-order valence-corrected chi connectivity index (χ3v) is 2.99. The molecule has 2 nitrogen and oxygen atoms in total. The topological polar surface area (TPSA) is 46.2 Å². The molecule has 3 N–H and O–H groups in total. The van der Waals surface area contributed by atoms with Crippen LogP contribution in [0.1, 0.15) is 33.1 Å². The molecule has 0 saturated heterocycles. The van der Waals surface area contributed by atoms with Crippen LogP contribution < -0.4 is 5.73 Å². The van der Waals surface area contributed by atoms with Gasteiger partial charge in [0.2, 0.25) is 0 Å². The van der Waals surface area contributed by atoms with E-state index in [1.165, 1.54) is 6.42 Å². The van der Waals surface area contributed by atoms with E-state index in [2.05, 4.69) is 6.92 Å². The highest BCUT2D eigenvalue weighted by molar-refractivity contribution is 4.98. The molecule has 0 amide bonds. The summed E-state index contributed by atoms with van der Waals surface area (Å²) >= 11 is 0. The molecule has 0 heterocycles. The van der Waals surface area contributed by atoms with Crippen molar-refractivity contribution >= 4 is 0 Å². The van der Waals surface area contributed by atoms with E-state index in [0.29, 0.717) is 18.4 Å². The Morgan fingerprint density at radius 3 is 2.45 bits per heavy atom. The molecule has 3 atom stereocenters. The van der Waals surface area contributed by atoms with Crippen LogP contribution in [0.3, 0.4) is 0 Å². The zero-order chi connectivity index (χ0) is 8.48. The van der Waals surface area contributed by atoms with Gasteiger partial charge in [-0.05, 0) is 37.6 Å². The summed E-state index contributed by atoms with van der Waals surface area (Å²) < 4.78 is 0. The van der Waals surface area contributed by atoms with Gasteiger partial charge in [-0.1, -0.05) is 13.8 Å². The molecule has 1 aliphatic rings. The molecule has 1 fully saturated rings. The summed E-state index contributed by atoms with van der Waals surface area (Å²) in [6.07, 6.45) is 2.79. The minimum atomic E-state index is -0.450. The maximum absolute atomic E-state index is 10.1. The van der Waals surface area contributed by atoms with Crippen molar-refractivity contribution in [3.63, 3.8) is 0 Å². The zero-order valence-corrected chi connectivity index (χ0v) is 7.51. The highest BCUT2D eigenvalue weighted by atomic mass is 16.3. The Kier molecular flexibility index (Phi) is 2.55. The van der Waals surface area contributed by atoms with Gasteiger partial charge in [0.15, 0.2) is 0 Å². The third kappa shape index (κ3) is 1.74. The molecular weight excluding hydrogens is 138 g/mol. The fourth-order valence-electron chi connectivity index (χ4n) is 1.95. The first-order chi connectivity index (χ1) is 5.14. The Morgan fingerprint density at radius 2 is 2.18 bits per heavy atom. The molecular formula is C9H19NO. The highest BCUT2D eigenvalue weighted by Crippen LogP contribution is 2.48. The van der Waals surface area contributed by atoms with Gasteiger partial charge in [-0.3, -0.25) is 0 Å². The molecule has 0 spiro atoms. The van der Waals surface area contributed by atoms with Gasteiger partial charge < -0.3 is 10.8 Å². The molecule has 0 radical (unpaired) electrons. The third-order valence-electron chi connectivity index (χ3n) is 2.99. The van der Waals surface area contributed by atoms with Crippen molar-refractivity contribution in [1.82, 2.24) is 0 Å². The summed E-state index contributed by atoms with van der Waals surface area (Å²) in [5, 5.41) is 10.1. The first kappa shape index (κ1) is 9.01. The second-order valence-electron chi connectivity index (χ2n) is 3.82. The molecule has 2 heteroatoms. The summed E-state index contributed by atoms with van der Waals surface area (Å²) in [5.41, 5.74) is 4.99. The molecule has 0 aromatic heterocycles. The monoisotopic (exact) mass is 157 g/mol. The smallest absolute Gasteiger partial charge is 0.0687 e. The van der Waals surface area contributed by atoms with Gasteiger partial charge in [-0.25, -0.2) is 0 Å². The minimum Gasteiger partial charge on any atom is -0.390 e. The summed E-state index contributed by atoms with van der Waals surface area (Å²) in [6.45, 7) is 4.84. The maximum Gasteiger partial charge on any atom is 0.0687 e. The first-order valence-electron chi connectivity index (χ1n) is 4.56. The number of rotatable bonds is 4. The SMILES string of the molecule is CCC(O)(CCN)C1CC1C. The van der Waals surface area contributed by atoms with Crippen LogP contribution in [0, 0.1) is 11.8 Å². The largest absolute Gasteiger partial charge is 0.390 e. The molecule has 66 valence electrons. The average molecular weight is 157 g/mol. The van der Waals surface area contributed by atoms with Crippen LogP contribution in [-0.2, 0) is 0 Å². The van der Waals surface area contributed by atoms with Gasteiger partial charge in [0.25, 0.3) is 0 Å². The van der Waals surface area contributed by atoms with Crippen LogP contribution in [-0.4, -0.2) is 17.3 Å². The fourth-order valence-corrected chi connectivity index (χ4v) is 1.95. The van der Waals surface area contributed by atoms with Crippen molar-refractivity contribution in [3.05, 3.63) is 0 Å². The second-order valence-corrected chi connectivity index (χ2v) is 3.82. The lowest BCUT2D eigenvalue weighted by molar-refractivity contribution is 0.00330. The van der Waals surface area contributed by atoms with E-state index in [1.807, 2.05) is 6.92 Å². The van der Waals surface area contributed by atoms with Crippen molar-refractivity contribution in [2.75, 3.05) is 6.54 Å². The predicted octanol–water partition coefficient (Wildman–Crippen LogP) is 1.13. The van der Waals surface area contributed by atoms with E-state index in [-0.39, 0.29) is 0 Å². The molecule has 0 bridgehead atoms. The standard InChI is InChI=1S/C9H19NO/c1-3-9(11,4-5-10)8-6-7(8)2/h7-8,11H,3-6,10H2,1-2H3. The Balaban J connectivity index is 2.46. The summed E-state index contributed by atoms with van der Waals surface area (Å²) in [7, 11) is 0. The van der Waals surface area contributed by atoms with Crippen LogP contribution in [0.5, 0.6) is 0 Å². The molecule has 1 saturated carbocycles. The van der Waals surface area contributed by atoms with Crippen molar-refractivity contribution in [3.8, 4) is 0 Å². The molecule has 1 aliphatic carbocycles. The van der Waals surface area contributed by atoms with Crippen molar-refractivity contribution in [1.29, 1.82) is 0 Å². The number of hydrogen-bond acceptors (Lipinski definition) is 2. The van der Waals surface area contributed by atoms with Crippen LogP contribution in [0.2, 0.25) is 0 Å². The van der Waals surface area contributed by atoms with Crippen LogP contribution in [0.15, 0.2) is 0 Å². The Morgan fingerprint density at radius 1 is 1.64 bits per heavy atom. The normalized spacial score (nSPS) is 34.9. The van der Waals surface area contributed by atoms with Crippen LogP contribution in [0.4, 0.5) is 0 Å². The van der Waals surface area contributed by atoms with E-state index in [1.54, 1.807) is 0 Å². The highest BCUT2D eigenvalue weighted by Gasteiger charge is 2.47. The molecule has 1 rings (SSSR count). The van der Waals surface area contributed by atoms with E-state index in [4.69, 9.17) is 5.73 Å². The van der Waals surface area contributed by atoms with Crippen LogP contribution in [0.25, 0.3) is 0 Å².